The van der Waals surface area contributed by atoms with Gasteiger partial charge in [-0.1, -0.05) is 24.3 Å². The summed E-state index contributed by atoms with van der Waals surface area (Å²) in [5, 5.41) is 0. The van der Waals surface area contributed by atoms with Crippen molar-refractivity contribution in [3.8, 4) is 0 Å². The van der Waals surface area contributed by atoms with E-state index in [0.29, 0.717) is 0 Å². The molecule has 2 aliphatic carbocycles. The fourth-order valence-electron chi connectivity index (χ4n) is 1.77. The van der Waals surface area contributed by atoms with Gasteiger partial charge < -0.3 is 0 Å². The minimum absolute atomic E-state index is 1.11. The SMILES string of the molecule is C1=CCCCCC=C1.[Co][C]1=CCCCCC=C1. The van der Waals surface area contributed by atoms with Gasteiger partial charge in [0.2, 0.25) is 0 Å². The van der Waals surface area contributed by atoms with E-state index in [9.17, 15) is 0 Å². The summed E-state index contributed by atoms with van der Waals surface area (Å²) in [7, 11) is 0. The quantitative estimate of drug-likeness (QED) is 0.568. The normalized spacial score (nSPS) is 20.2. The fourth-order valence-corrected chi connectivity index (χ4v) is 2.05. The van der Waals surface area contributed by atoms with E-state index in [2.05, 4.69) is 58.3 Å². The second-order valence-corrected chi connectivity index (χ2v) is 4.99. The van der Waals surface area contributed by atoms with E-state index in [1.165, 1.54) is 51.4 Å². The van der Waals surface area contributed by atoms with E-state index in [4.69, 9.17) is 0 Å². The Labute approximate surface area is 114 Å². The van der Waals surface area contributed by atoms with Gasteiger partial charge in [0.05, 0.1) is 0 Å². The molecule has 0 nitrogen and oxygen atoms in total. The Hall–Kier alpha value is -0.534. The van der Waals surface area contributed by atoms with Crippen LogP contribution in [-0.2, 0) is 15.7 Å². The van der Waals surface area contributed by atoms with Crippen LogP contribution in [0.4, 0.5) is 0 Å². The Morgan fingerprint density at radius 3 is 1.88 bits per heavy atom. The molecule has 0 aromatic rings. The maximum atomic E-state index is 4.30. The molecule has 17 heavy (non-hydrogen) atoms. The summed E-state index contributed by atoms with van der Waals surface area (Å²) in [6.07, 6.45) is 25.5. The Kier molecular flexibility index (Phi) is 9.07. The second kappa shape index (κ2) is 10.6. The summed E-state index contributed by atoms with van der Waals surface area (Å²) >= 11 is 4.30. The molecule has 0 heterocycles. The van der Waals surface area contributed by atoms with Crippen LogP contribution in [-0.4, -0.2) is 0 Å². The van der Waals surface area contributed by atoms with E-state index in [0.717, 1.165) is 4.51 Å². The first-order chi connectivity index (χ1) is 8.39. The zero-order valence-electron chi connectivity index (χ0n) is 10.5. The fraction of sp³-hybridized carbons (Fsp3) is 0.500. The van der Waals surface area contributed by atoms with Crippen molar-refractivity contribution < 1.29 is 15.7 Å². The molecule has 0 aromatic heterocycles. The van der Waals surface area contributed by atoms with Gasteiger partial charge in [-0.3, -0.25) is 0 Å². The molecule has 0 saturated heterocycles. The molecule has 0 amide bonds. The van der Waals surface area contributed by atoms with E-state index in [1.807, 2.05) is 0 Å². The second-order valence-electron chi connectivity index (χ2n) is 4.39. The molecule has 96 valence electrons. The molecule has 0 fully saturated rings. The van der Waals surface area contributed by atoms with Crippen molar-refractivity contribution in [1.29, 1.82) is 0 Å². The molecule has 1 heteroatoms. The first-order valence-electron chi connectivity index (χ1n) is 6.71. The molecule has 2 aliphatic rings. The van der Waals surface area contributed by atoms with Gasteiger partial charge in [0, 0.05) is 0 Å². The van der Waals surface area contributed by atoms with Crippen molar-refractivity contribution in [1.82, 2.24) is 0 Å². The summed E-state index contributed by atoms with van der Waals surface area (Å²) in [5.74, 6) is 0. The van der Waals surface area contributed by atoms with E-state index >= 15 is 0 Å². The molecule has 0 aromatic carbocycles. The third kappa shape index (κ3) is 9.19. The van der Waals surface area contributed by atoms with E-state index in [-0.39, 0.29) is 0 Å². The zero-order valence-corrected chi connectivity index (χ0v) is 11.6. The van der Waals surface area contributed by atoms with Gasteiger partial charge >= 0.3 is 64.2 Å². The number of allylic oxidation sites excluding steroid dienone is 8. The van der Waals surface area contributed by atoms with E-state index in [1.54, 1.807) is 0 Å². The Morgan fingerprint density at radius 1 is 0.706 bits per heavy atom. The Morgan fingerprint density at radius 2 is 1.24 bits per heavy atom. The average Bonchev–Trinajstić information content (AvgIpc) is 2.23. The van der Waals surface area contributed by atoms with Crippen molar-refractivity contribution >= 4 is 0 Å². The van der Waals surface area contributed by atoms with Crippen molar-refractivity contribution in [2.45, 2.75) is 51.4 Å². The molecule has 0 aliphatic heterocycles. The van der Waals surface area contributed by atoms with Crippen LogP contribution in [0.15, 0.2) is 47.0 Å². The molecule has 0 spiro atoms. The number of rotatable bonds is 0. The van der Waals surface area contributed by atoms with Crippen LogP contribution >= 0.6 is 0 Å². The van der Waals surface area contributed by atoms with Crippen LogP contribution in [0, 0.1) is 0 Å². The van der Waals surface area contributed by atoms with Crippen LogP contribution in [0.1, 0.15) is 51.4 Å². The van der Waals surface area contributed by atoms with Crippen LogP contribution in [0.2, 0.25) is 0 Å². The minimum atomic E-state index is 1.11. The predicted octanol–water partition coefficient (Wildman–Crippen LogP) is 5.22. The predicted molar refractivity (Wildman–Crippen MR) is 72.4 cm³/mol. The summed E-state index contributed by atoms with van der Waals surface area (Å²) < 4.78 is 1.11. The molecule has 2 rings (SSSR count). The van der Waals surface area contributed by atoms with Gasteiger partial charge in [0.1, 0.15) is 0 Å². The Balaban J connectivity index is 0.000000171. The monoisotopic (exact) mass is 274 g/mol. The Bertz CT molecular complexity index is 281. The first-order valence-corrected chi connectivity index (χ1v) is 7.23. The summed E-state index contributed by atoms with van der Waals surface area (Å²) in [4.78, 5) is 0. The van der Waals surface area contributed by atoms with Crippen molar-refractivity contribution in [3.05, 3.63) is 47.0 Å². The standard InChI is InChI=1S/C8H12.C8H11.Co/c2*1-2-4-6-8-7-5-3-1;/h1-4H,5-8H2;1-2,6H,3,5,7-8H2;. The summed E-state index contributed by atoms with van der Waals surface area (Å²) in [6, 6.07) is 0. The third-order valence-electron chi connectivity index (χ3n) is 2.80. The van der Waals surface area contributed by atoms with Gasteiger partial charge in [-0.05, 0) is 25.7 Å². The van der Waals surface area contributed by atoms with Crippen LogP contribution in [0.5, 0.6) is 0 Å². The van der Waals surface area contributed by atoms with Gasteiger partial charge in [-0.25, -0.2) is 0 Å². The molecule has 0 saturated carbocycles. The zero-order chi connectivity index (χ0) is 12.2. The van der Waals surface area contributed by atoms with Crippen molar-refractivity contribution in [2.75, 3.05) is 0 Å². The van der Waals surface area contributed by atoms with Crippen molar-refractivity contribution in [2.24, 2.45) is 0 Å². The first kappa shape index (κ1) is 14.5. The molecular formula is C16H23Co. The molecule has 0 radical (unpaired) electrons. The number of hydrogen-bond donors (Lipinski definition) is 0. The molecule has 0 bridgehead atoms. The third-order valence-corrected chi connectivity index (χ3v) is 3.19. The average molecular weight is 274 g/mol. The van der Waals surface area contributed by atoms with Crippen LogP contribution in [0.3, 0.4) is 0 Å². The summed E-state index contributed by atoms with van der Waals surface area (Å²) in [5.41, 5.74) is 0. The summed E-state index contributed by atoms with van der Waals surface area (Å²) in [6.45, 7) is 0. The van der Waals surface area contributed by atoms with Gasteiger partial charge in [-0.2, -0.15) is 0 Å². The maximum absolute atomic E-state index is 4.30. The van der Waals surface area contributed by atoms with Crippen LogP contribution < -0.4 is 0 Å². The van der Waals surface area contributed by atoms with Gasteiger partial charge in [-0.15, -0.1) is 0 Å². The molecule has 0 atom stereocenters. The van der Waals surface area contributed by atoms with Gasteiger partial charge in [0.15, 0.2) is 0 Å². The van der Waals surface area contributed by atoms with Crippen LogP contribution in [0.25, 0.3) is 0 Å². The molecular weight excluding hydrogens is 251 g/mol. The topological polar surface area (TPSA) is 0 Å². The number of hydrogen-bond acceptors (Lipinski definition) is 0. The van der Waals surface area contributed by atoms with Gasteiger partial charge in [0.25, 0.3) is 0 Å². The molecule has 0 N–H and O–H groups in total. The molecule has 0 unspecified atom stereocenters. The van der Waals surface area contributed by atoms with Crippen molar-refractivity contribution in [3.63, 3.8) is 0 Å². The van der Waals surface area contributed by atoms with E-state index < -0.39 is 0 Å².